The molecule has 0 spiro atoms. The molecule has 1 atom stereocenters. The van der Waals surface area contributed by atoms with Gasteiger partial charge in [0.1, 0.15) is 0 Å². The van der Waals surface area contributed by atoms with Crippen LogP contribution in [0.2, 0.25) is 10.0 Å². The summed E-state index contributed by atoms with van der Waals surface area (Å²) >= 11 is 12.4. The fourth-order valence-electron chi connectivity index (χ4n) is 3.57. The number of nitrogens with zero attached hydrogens (tertiary/aromatic N) is 3. The summed E-state index contributed by atoms with van der Waals surface area (Å²) in [6, 6.07) is 0.606. The number of rotatable bonds is 3. The Hall–Kier alpha value is -0.390. The number of aliphatic hydroxyl groups is 1. The van der Waals surface area contributed by atoms with Crippen molar-refractivity contribution in [2.75, 3.05) is 26.2 Å². The molecular formula is C16H23Cl2N3O. The Balaban J connectivity index is 1.53. The van der Waals surface area contributed by atoms with Gasteiger partial charge in [-0.15, -0.1) is 0 Å². The van der Waals surface area contributed by atoms with Crippen molar-refractivity contribution < 1.29 is 5.11 Å². The number of likely N-dealkylation sites (tertiary alicyclic amines) is 2. The second-order valence-electron chi connectivity index (χ2n) is 6.38. The third-order valence-corrected chi connectivity index (χ3v) is 5.49. The van der Waals surface area contributed by atoms with Gasteiger partial charge in [-0.25, -0.2) is 0 Å². The number of hydrogen-bond acceptors (Lipinski definition) is 4. The maximum atomic E-state index is 9.83. The van der Waals surface area contributed by atoms with Crippen LogP contribution in [0.25, 0.3) is 0 Å². The molecule has 2 aliphatic heterocycles. The van der Waals surface area contributed by atoms with Crippen molar-refractivity contribution >= 4 is 23.2 Å². The van der Waals surface area contributed by atoms with Crippen LogP contribution in [0.1, 0.15) is 31.2 Å². The summed E-state index contributed by atoms with van der Waals surface area (Å²) < 4.78 is 0. The van der Waals surface area contributed by atoms with Gasteiger partial charge in [0.05, 0.1) is 16.1 Å². The largest absolute Gasteiger partial charge is 0.392 e. The second-order valence-corrected chi connectivity index (χ2v) is 7.19. The molecule has 2 fully saturated rings. The molecule has 6 heteroatoms. The van der Waals surface area contributed by atoms with Crippen LogP contribution in [-0.4, -0.2) is 58.2 Å². The summed E-state index contributed by atoms with van der Waals surface area (Å²) in [5.41, 5.74) is 0.977. The molecule has 0 amide bonds. The highest BCUT2D eigenvalue weighted by molar-refractivity contribution is 6.35. The van der Waals surface area contributed by atoms with Crippen LogP contribution in [0.15, 0.2) is 12.4 Å². The molecule has 2 saturated heterocycles. The Morgan fingerprint density at radius 3 is 2.41 bits per heavy atom. The van der Waals surface area contributed by atoms with E-state index in [1.807, 2.05) is 0 Å². The average molecular weight is 344 g/mol. The third-order valence-electron chi connectivity index (χ3n) is 4.84. The molecule has 1 aromatic rings. The van der Waals surface area contributed by atoms with Crippen LogP contribution >= 0.6 is 23.2 Å². The number of β-amino-alcohol motifs (C(OH)–C–C–N with tert-alkyl or cyclic N) is 1. The van der Waals surface area contributed by atoms with E-state index >= 15 is 0 Å². The first kappa shape index (κ1) is 16.5. The lowest BCUT2D eigenvalue weighted by Gasteiger charge is -2.41. The minimum Gasteiger partial charge on any atom is -0.392 e. The molecule has 2 aliphatic rings. The maximum Gasteiger partial charge on any atom is 0.0667 e. The Morgan fingerprint density at radius 1 is 1.09 bits per heavy atom. The first-order chi connectivity index (χ1) is 10.6. The van der Waals surface area contributed by atoms with E-state index in [0.29, 0.717) is 16.1 Å². The van der Waals surface area contributed by atoms with Crippen LogP contribution in [-0.2, 0) is 6.54 Å². The molecule has 0 saturated carbocycles. The molecule has 1 aromatic heterocycles. The van der Waals surface area contributed by atoms with Crippen molar-refractivity contribution in [2.45, 2.75) is 44.4 Å². The molecule has 0 radical (unpaired) electrons. The van der Waals surface area contributed by atoms with Gasteiger partial charge >= 0.3 is 0 Å². The maximum absolute atomic E-state index is 9.83. The van der Waals surface area contributed by atoms with E-state index in [1.54, 1.807) is 12.4 Å². The summed E-state index contributed by atoms with van der Waals surface area (Å²) in [6.07, 6.45) is 7.54. The monoisotopic (exact) mass is 343 g/mol. The molecule has 4 nitrogen and oxygen atoms in total. The lowest BCUT2D eigenvalue weighted by Crippen LogP contribution is -2.49. The van der Waals surface area contributed by atoms with E-state index in [4.69, 9.17) is 23.2 Å². The number of halogens is 2. The van der Waals surface area contributed by atoms with Gasteiger partial charge in [-0.05, 0) is 45.3 Å². The standard InChI is InChI=1S/C16H23Cl2N3O/c17-15-8-19-9-16(18)14(15)11-20-6-3-12(4-7-20)21-5-1-2-13(22)10-21/h8-9,12-13,22H,1-7,10-11H2/t13-/m0/s1. The Labute approximate surface area is 142 Å². The fraction of sp³-hybridized carbons (Fsp3) is 0.688. The summed E-state index contributed by atoms with van der Waals surface area (Å²) in [4.78, 5) is 8.88. The van der Waals surface area contributed by atoms with Crippen molar-refractivity contribution in [1.29, 1.82) is 0 Å². The van der Waals surface area contributed by atoms with E-state index in [-0.39, 0.29) is 6.10 Å². The fourth-order valence-corrected chi connectivity index (χ4v) is 4.05. The topological polar surface area (TPSA) is 39.6 Å². The van der Waals surface area contributed by atoms with Gasteiger partial charge < -0.3 is 5.11 Å². The van der Waals surface area contributed by atoms with Gasteiger partial charge in [0.2, 0.25) is 0 Å². The zero-order valence-electron chi connectivity index (χ0n) is 12.7. The summed E-state index contributed by atoms with van der Waals surface area (Å²) in [7, 11) is 0. The van der Waals surface area contributed by atoms with Crippen molar-refractivity contribution in [3.8, 4) is 0 Å². The van der Waals surface area contributed by atoms with Gasteiger partial charge in [0, 0.05) is 37.1 Å². The number of pyridine rings is 1. The zero-order valence-corrected chi connectivity index (χ0v) is 14.2. The molecule has 1 N–H and O–H groups in total. The van der Waals surface area contributed by atoms with Crippen LogP contribution in [0, 0.1) is 0 Å². The van der Waals surface area contributed by atoms with E-state index in [9.17, 15) is 5.11 Å². The SMILES string of the molecule is O[C@H]1CCCN(C2CCN(Cc3c(Cl)cncc3Cl)CC2)C1. The van der Waals surface area contributed by atoms with Crippen molar-refractivity contribution in [2.24, 2.45) is 0 Å². The minimum absolute atomic E-state index is 0.138. The highest BCUT2D eigenvalue weighted by atomic mass is 35.5. The average Bonchev–Trinajstić information content (AvgIpc) is 2.52. The molecule has 3 rings (SSSR count). The van der Waals surface area contributed by atoms with E-state index in [2.05, 4.69) is 14.8 Å². The molecule has 0 unspecified atom stereocenters. The van der Waals surface area contributed by atoms with Crippen LogP contribution in [0.4, 0.5) is 0 Å². The highest BCUT2D eigenvalue weighted by Gasteiger charge is 2.28. The van der Waals surface area contributed by atoms with Crippen LogP contribution in [0.5, 0.6) is 0 Å². The number of hydrogen-bond donors (Lipinski definition) is 1. The molecule has 22 heavy (non-hydrogen) atoms. The number of aromatic nitrogens is 1. The van der Waals surface area contributed by atoms with Gasteiger partial charge in [0.15, 0.2) is 0 Å². The molecule has 0 aromatic carbocycles. The smallest absolute Gasteiger partial charge is 0.0667 e. The lowest BCUT2D eigenvalue weighted by atomic mass is 9.98. The summed E-state index contributed by atoms with van der Waals surface area (Å²) in [5.74, 6) is 0. The van der Waals surface area contributed by atoms with Crippen molar-refractivity contribution in [3.05, 3.63) is 28.0 Å². The lowest BCUT2D eigenvalue weighted by molar-refractivity contribution is 0.0243. The highest BCUT2D eigenvalue weighted by Crippen LogP contribution is 2.27. The molecule has 0 aliphatic carbocycles. The number of piperidine rings is 2. The zero-order chi connectivity index (χ0) is 15.5. The third kappa shape index (κ3) is 3.92. The van der Waals surface area contributed by atoms with Gasteiger partial charge in [-0.1, -0.05) is 23.2 Å². The normalized spacial score (nSPS) is 25.5. The second kappa shape index (κ2) is 7.45. The molecule has 0 bridgehead atoms. The summed E-state index contributed by atoms with van der Waals surface area (Å²) in [5, 5.41) is 11.1. The molecule has 122 valence electrons. The Morgan fingerprint density at radius 2 is 1.77 bits per heavy atom. The predicted octanol–water partition coefficient (Wildman–Crippen LogP) is 2.81. The quantitative estimate of drug-likeness (QED) is 0.915. The Bertz CT molecular complexity index is 486. The van der Waals surface area contributed by atoms with E-state index in [1.165, 1.54) is 0 Å². The van der Waals surface area contributed by atoms with Crippen LogP contribution in [0.3, 0.4) is 0 Å². The van der Waals surface area contributed by atoms with Gasteiger partial charge in [-0.2, -0.15) is 0 Å². The summed E-state index contributed by atoms with van der Waals surface area (Å²) in [6.45, 7) is 4.85. The minimum atomic E-state index is -0.138. The van der Waals surface area contributed by atoms with Crippen molar-refractivity contribution in [1.82, 2.24) is 14.8 Å². The van der Waals surface area contributed by atoms with Gasteiger partial charge in [0.25, 0.3) is 0 Å². The van der Waals surface area contributed by atoms with Crippen molar-refractivity contribution in [3.63, 3.8) is 0 Å². The first-order valence-electron chi connectivity index (χ1n) is 8.06. The predicted molar refractivity (Wildman–Crippen MR) is 89.4 cm³/mol. The first-order valence-corrected chi connectivity index (χ1v) is 8.81. The van der Waals surface area contributed by atoms with Crippen LogP contribution < -0.4 is 0 Å². The van der Waals surface area contributed by atoms with Gasteiger partial charge in [-0.3, -0.25) is 14.8 Å². The van der Waals surface area contributed by atoms with E-state index < -0.39 is 0 Å². The number of aliphatic hydroxyl groups excluding tert-OH is 1. The Kier molecular flexibility index (Phi) is 5.58. The van der Waals surface area contributed by atoms with E-state index in [0.717, 1.165) is 64.0 Å². The molecular weight excluding hydrogens is 321 g/mol. The molecule has 3 heterocycles.